The minimum Gasteiger partial charge on any atom is -0.370 e. The lowest BCUT2D eigenvalue weighted by Gasteiger charge is -2.33. The van der Waals surface area contributed by atoms with Crippen LogP contribution in [0.2, 0.25) is 0 Å². The zero-order chi connectivity index (χ0) is 7.26. The van der Waals surface area contributed by atoms with E-state index in [2.05, 4.69) is 0 Å². The molecule has 62 valence electrons. The number of hydrogen-bond donors (Lipinski definition) is 0. The maximum Gasteiger partial charge on any atom is 0.0844 e. The molecule has 0 N–H and O–H groups in total. The maximum atomic E-state index is 5.57. The van der Waals surface area contributed by atoms with E-state index in [1.807, 2.05) is 0 Å². The van der Waals surface area contributed by atoms with E-state index in [1.54, 1.807) is 0 Å². The Bertz CT molecular complexity index is 148. The molecule has 0 aromatic carbocycles. The highest BCUT2D eigenvalue weighted by atomic mass is 16.6. The first-order valence-corrected chi connectivity index (χ1v) is 5.09. The summed E-state index contributed by atoms with van der Waals surface area (Å²) in [5.74, 6) is 2.10. The number of hydrogen-bond acceptors (Lipinski definition) is 1. The van der Waals surface area contributed by atoms with Gasteiger partial charge in [0.15, 0.2) is 0 Å². The van der Waals surface area contributed by atoms with E-state index in [-0.39, 0.29) is 0 Å². The van der Waals surface area contributed by atoms with Crippen molar-refractivity contribution in [1.82, 2.24) is 0 Å². The van der Waals surface area contributed by atoms with Crippen molar-refractivity contribution in [2.24, 2.45) is 11.8 Å². The van der Waals surface area contributed by atoms with Gasteiger partial charge in [0.25, 0.3) is 0 Å². The molecule has 1 heterocycles. The van der Waals surface area contributed by atoms with Crippen LogP contribution in [0.5, 0.6) is 0 Å². The fourth-order valence-corrected chi connectivity index (χ4v) is 3.10. The van der Waals surface area contributed by atoms with Crippen LogP contribution in [0.1, 0.15) is 38.5 Å². The number of ether oxygens (including phenoxy) is 1. The van der Waals surface area contributed by atoms with Crippen LogP contribution in [0.3, 0.4) is 0 Å². The molecule has 1 nitrogen and oxygen atoms in total. The third kappa shape index (κ3) is 1.01. The summed E-state index contributed by atoms with van der Waals surface area (Å²) in [6, 6.07) is 0. The molecule has 0 bridgehead atoms. The van der Waals surface area contributed by atoms with Crippen LogP contribution in [-0.2, 0) is 4.74 Å². The molecular formula is C10H16O. The highest BCUT2D eigenvalue weighted by Crippen LogP contribution is 2.48. The molecule has 3 fully saturated rings. The minimum absolute atomic E-state index is 0.703. The van der Waals surface area contributed by atoms with Crippen LogP contribution in [-0.4, -0.2) is 12.2 Å². The molecule has 11 heavy (non-hydrogen) atoms. The van der Waals surface area contributed by atoms with E-state index in [1.165, 1.54) is 38.5 Å². The zero-order valence-electron chi connectivity index (χ0n) is 6.96. The Kier molecular flexibility index (Phi) is 1.31. The predicted octanol–water partition coefficient (Wildman–Crippen LogP) is 2.35. The summed E-state index contributed by atoms with van der Waals surface area (Å²) in [4.78, 5) is 0. The highest BCUT2D eigenvalue weighted by Gasteiger charge is 2.48. The molecule has 3 aliphatic rings. The molecule has 1 saturated heterocycles. The highest BCUT2D eigenvalue weighted by molar-refractivity contribution is 4.96. The molecule has 0 aromatic heterocycles. The van der Waals surface area contributed by atoms with Gasteiger partial charge in [0, 0.05) is 0 Å². The van der Waals surface area contributed by atoms with E-state index < -0.39 is 0 Å². The fraction of sp³-hybridized carbons (Fsp3) is 1.00. The van der Waals surface area contributed by atoms with Gasteiger partial charge in [-0.2, -0.15) is 0 Å². The first-order valence-electron chi connectivity index (χ1n) is 5.09. The van der Waals surface area contributed by atoms with Gasteiger partial charge >= 0.3 is 0 Å². The molecule has 0 spiro atoms. The van der Waals surface area contributed by atoms with E-state index in [9.17, 15) is 0 Å². The Morgan fingerprint density at radius 3 is 1.91 bits per heavy atom. The van der Waals surface area contributed by atoms with Crippen molar-refractivity contribution in [3.8, 4) is 0 Å². The topological polar surface area (TPSA) is 12.5 Å². The van der Waals surface area contributed by atoms with Gasteiger partial charge in [-0.05, 0) is 24.7 Å². The summed E-state index contributed by atoms with van der Waals surface area (Å²) >= 11 is 0. The second kappa shape index (κ2) is 2.22. The molecule has 1 aliphatic heterocycles. The summed E-state index contributed by atoms with van der Waals surface area (Å²) in [6.45, 7) is 0. The predicted molar refractivity (Wildman–Crippen MR) is 43.3 cm³/mol. The molecule has 0 amide bonds. The van der Waals surface area contributed by atoms with Crippen molar-refractivity contribution in [3.63, 3.8) is 0 Å². The lowest BCUT2D eigenvalue weighted by molar-refractivity contribution is 0.190. The Morgan fingerprint density at radius 1 is 0.818 bits per heavy atom. The Balaban J connectivity index is 1.73. The molecule has 2 saturated carbocycles. The molecule has 1 heteroatoms. The lowest BCUT2D eigenvalue weighted by atomic mass is 9.71. The van der Waals surface area contributed by atoms with E-state index in [4.69, 9.17) is 4.74 Å². The van der Waals surface area contributed by atoms with Gasteiger partial charge in [-0.3, -0.25) is 0 Å². The van der Waals surface area contributed by atoms with Gasteiger partial charge in [-0.15, -0.1) is 0 Å². The van der Waals surface area contributed by atoms with Crippen LogP contribution >= 0.6 is 0 Å². The summed E-state index contributed by atoms with van der Waals surface area (Å²) in [5, 5.41) is 0. The average Bonchev–Trinajstić information content (AvgIpc) is 2.77. The standard InChI is InChI=1S/C10H16O/c1-2-4-8-6-10-9(11-10)5-7(8)3-1/h7-10H,1-6H2/t7?,8?,9-,10-/m1/s1. The summed E-state index contributed by atoms with van der Waals surface area (Å²) < 4.78 is 5.57. The van der Waals surface area contributed by atoms with E-state index >= 15 is 0 Å². The van der Waals surface area contributed by atoms with Crippen molar-refractivity contribution in [3.05, 3.63) is 0 Å². The summed E-state index contributed by atoms with van der Waals surface area (Å²) in [7, 11) is 0. The molecule has 2 unspecified atom stereocenters. The van der Waals surface area contributed by atoms with E-state index in [0.717, 1.165) is 11.8 Å². The SMILES string of the molecule is C1CCC2C[C@H]3O[C@@H]3CC2C1. The quantitative estimate of drug-likeness (QED) is 0.485. The smallest absolute Gasteiger partial charge is 0.0844 e. The second-order valence-electron chi connectivity index (χ2n) is 4.49. The maximum absolute atomic E-state index is 5.57. The average molecular weight is 152 g/mol. The molecule has 4 atom stereocenters. The van der Waals surface area contributed by atoms with E-state index in [0.29, 0.717) is 12.2 Å². The van der Waals surface area contributed by atoms with Gasteiger partial charge < -0.3 is 4.74 Å². The molecule has 0 aromatic rings. The van der Waals surface area contributed by atoms with Crippen molar-refractivity contribution in [2.75, 3.05) is 0 Å². The van der Waals surface area contributed by atoms with Crippen LogP contribution in [0.4, 0.5) is 0 Å². The van der Waals surface area contributed by atoms with Crippen molar-refractivity contribution >= 4 is 0 Å². The van der Waals surface area contributed by atoms with Crippen LogP contribution in [0.25, 0.3) is 0 Å². The third-order valence-electron chi connectivity index (χ3n) is 3.82. The van der Waals surface area contributed by atoms with Crippen LogP contribution in [0, 0.1) is 11.8 Å². The van der Waals surface area contributed by atoms with Gasteiger partial charge in [-0.1, -0.05) is 25.7 Å². The molecular weight excluding hydrogens is 136 g/mol. The van der Waals surface area contributed by atoms with Crippen molar-refractivity contribution < 1.29 is 4.74 Å². The number of epoxide rings is 1. The molecule has 0 radical (unpaired) electrons. The van der Waals surface area contributed by atoms with Gasteiger partial charge in [0.2, 0.25) is 0 Å². The minimum atomic E-state index is 0.703. The molecule has 2 aliphatic carbocycles. The van der Waals surface area contributed by atoms with Gasteiger partial charge in [0.05, 0.1) is 12.2 Å². The first-order chi connectivity index (χ1) is 5.43. The fourth-order valence-electron chi connectivity index (χ4n) is 3.10. The van der Waals surface area contributed by atoms with Gasteiger partial charge in [-0.25, -0.2) is 0 Å². The number of fused-ring (bicyclic) bond motifs is 2. The normalized spacial score (nSPS) is 54.5. The van der Waals surface area contributed by atoms with Crippen LogP contribution in [0.15, 0.2) is 0 Å². The Labute approximate surface area is 68.1 Å². The number of rotatable bonds is 0. The van der Waals surface area contributed by atoms with Crippen LogP contribution < -0.4 is 0 Å². The molecule has 3 rings (SSSR count). The lowest BCUT2D eigenvalue weighted by Crippen LogP contribution is -2.27. The summed E-state index contributed by atoms with van der Waals surface area (Å²) in [6.07, 6.45) is 10.2. The zero-order valence-corrected chi connectivity index (χ0v) is 6.96. The Hall–Kier alpha value is -0.0400. The third-order valence-corrected chi connectivity index (χ3v) is 3.82. The summed E-state index contributed by atoms with van der Waals surface area (Å²) in [5.41, 5.74) is 0. The van der Waals surface area contributed by atoms with Gasteiger partial charge in [0.1, 0.15) is 0 Å². The second-order valence-corrected chi connectivity index (χ2v) is 4.49. The van der Waals surface area contributed by atoms with Crippen molar-refractivity contribution in [2.45, 2.75) is 50.7 Å². The monoisotopic (exact) mass is 152 g/mol. The Morgan fingerprint density at radius 2 is 1.36 bits per heavy atom. The first kappa shape index (κ1) is 6.47. The van der Waals surface area contributed by atoms with Crippen molar-refractivity contribution in [1.29, 1.82) is 0 Å². The largest absolute Gasteiger partial charge is 0.370 e.